The number of rotatable bonds is 4. The summed E-state index contributed by atoms with van der Waals surface area (Å²) in [5.41, 5.74) is 0.435. The first-order valence-corrected chi connectivity index (χ1v) is 9.53. The zero-order valence-electron chi connectivity index (χ0n) is 12.5. The van der Waals surface area contributed by atoms with Gasteiger partial charge in [-0.05, 0) is 81.1 Å². The molecule has 2 aliphatic carbocycles. The van der Waals surface area contributed by atoms with Crippen LogP contribution < -0.4 is 0 Å². The largest absolute Gasteiger partial charge is 0.269 e. The molecule has 2 fully saturated rings. The Balaban J connectivity index is 1.76. The summed E-state index contributed by atoms with van der Waals surface area (Å²) in [6.07, 6.45) is 9.97. The maximum Gasteiger partial charge on any atom is 0.269 e. The second-order valence-electron chi connectivity index (χ2n) is 6.68. The van der Waals surface area contributed by atoms with E-state index in [1.165, 1.54) is 38.5 Å². The third-order valence-electron chi connectivity index (χ3n) is 5.46. The SMILES string of the molecule is CCCC(I)C1CCC(C2CCC(=C(F)F)CC2)CC1. The predicted octanol–water partition coefficient (Wildman–Crippen LogP) is 6.74. The molecule has 20 heavy (non-hydrogen) atoms. The fraction of sp³-hybridized carbons (Fsp3) is 0.882. The number of hydrogen-bond acceptors (Lipinski definition) is 0. The van der Waals surface area contributed by atoms with Crippen molar-refractivity contribution in [1.29, 1.82) is 0 Å². The summed E-state index contributed by atoms with van der Waals surface area (Å²) >= 11 is 2.64. The molecular formula is C17H27F2I. The fourth-order valence-corrected chi connectivity index (χ4v) is 5.48. The minimum absolute atomic E-state index is 0.435. The molecule has 2 saturated carbocycles. The van der Waals surface area contributed by atoms with Crippen LogP contribution in [0.1, 0.15) is 71.1 Å². The van der Waals surface area contributed by atoms with E-state index in [0.717, 1.165) is 34.5 Å². The Bertz CT molecular complexity index is 318. The lowest BCUT2D eigenvalue weighted by Crippen LogP contribution is -2.27. The van der Waals surface area contributed by atoms with Gasteiger partial charge in [0.05, 0.1) is 0 Å². The van der Waals surface area contributed by atoms with E-state index in [4.69, 9.17) is 0 Å². The highest BCUT2D eigenvalue weighted by atomic mass is 127. The number of alkyl halides is 1. The Morgan fingerprint density at radius 3 is 2.10 bits per heavy atom. The summed E-state index contributed by atoms with van der Waals surface area (Å²) in [6, 6.07) is 0. The molecule has 0 saturated heterocycles. The highest BCUT2D eigenvalue weighted by molar-refractivity contribution is 14.1. The summed E-state index contributed by atoms with van der Waals surface area (Å²) in [4.78, 5) is 0. The topological polar surface area (TPSA) is 0 Å². The Kier molecular flexibility index (Phi) is 6.76. The van der Waals surface area contributed by atoms with Gasteiger partial charge in [-0.1, -0.05) is 35.9 Å². The Hall–Kier alpha value is 0.330. The first kappa shape index (κ1) is 16.7. The van der Waals surface area contributed by atoms with Crippen molar-refractivity contribution in [2.45, 2.75) is 75.1 Å². The van der Waals surface area contributed by atoms with Crippen molar-refractivity contribution in [3.05, 3.63) is 11.7 Å². The van der Waals surface area contributed by atoms with Gasteiger partial charge in [-0.25, -0.2) is 0 Å². The summed E-state index contributed by atoms with van der Waals surface area (Å²) in [7, 11) is 0. The van der Waals surface area contributed by atoms with Gasteiger partial charge in [0.25, 0.3) is 6.08 Å². The third kappa shape index (κ3) is 4.41. The molecule has 0 nitrogen and oxygen atoms in total. The second-order valence-corrected chi connectivity index (χ2v) is 8.28. The average Bonchev–Trinajstić information content (AvgIpc) is 2.48. The average molecular weight is 396 g/mol. The Morgan fingerprint density at radius 1 is 1.05 bits per heavy atom. The molecule has 116 valence electrons. The van der Waals surface area contributed by atoms with E-state index < -0.39 is 6.08 Å². The van der Waals surface area contributed by atoms with E-state index in [1.54, 1.807) is 0 Å². The van der Waals surface area contributed by atoms with Gasteiger partial charge >= 0.3 is 0 Å². The van der Waals surface area contributed by atoms with Gasteiger partial charge in [0.15, 0.2) is 0 Å². The summed E-state index contributed by atoms with van der Waals surface area (Å²) in [6.45, 7) is 2.27. The molecule has 0 N–H and O–H groups in total. The predicted molar refractivity (Wildman–Crippen MR) is 89.4 cm³/mol. The van der Waals surface area contributed by atoms with Crippen molar-refractivity contribution in [2.24, 2.45) is 17.8 Å². The number of halogens is 3. The van der Waals surface area contributed by atoms with Gasteiger partial charge in [-0.15, -0.1) is 0 Å². The van der Waals surface area contributed by atoms with Gasteiger partial charge in [0, 0.05) is 3.92 Å². The molecule has 0 radical (unpaired) electrons. The molecular weight excluding hydrogens is 369 g/mol. The highest BCUT2D eigenvalue weighted by Gasteiger charge is 2.31. The zero-order chi connectivity index (χ0) is 14.5. The summed E-state index contributed by atoms with van der Waals surface area (Å²) in [5, 5.41) is 0. The lowest BCUT2D eigenvalue weighted by atomic mass is 9.69. The number of hydrogen-bond donors (Lipinski definition) is 0. The van der Waals surface area contributed by atoms with Crippen LogP contribution in [-0.4, -0.2) is 3.92 Å². The van der Waals surface area contributed by atoms with Crippen molar-refractivity contribution in [1.82, 2.24) is 0 Å². The first-order valence-electron chi connectivity index (χ1n) is 8.28. The summed E-state index contributed by atoms with van der Waals surface area (Å²) < 4.78 is 26.0. The van der Waals surface area contributed by atoms with E-state index in [9.17, 15) is 8.78 Å². The van der Waals surface area contributed by atoms with Crippen molar-refractivity contribution in [3.63, 3.8) is 0 Å². The molecule has 0 heterocycles. The fourth-order valence-electron chi connectivity index (χ4n) is 4.14. The molecule has 0 aromatic heterocycles. The Labute approximate surface area is 135 Å². The first-order chi connectivity index (χ1) is 9.61. The standard InChI is InChI=1S/C17H27F2I/c1-2-3-16(20)14-8-4-12(5-9-14)13-6-10-15(11-7-13)17(18)19/h12-14,16H,2-11H2,1H3. The minimum atomic E-state index is -1.40. The van der Waals surface area contributed by atoms with Crippen molar-refractivity contribution in [3.8, 4) is 0 Å². The van der Waals surface area contributed by atoms with Gasteiger partial charge in [0.2, 0.25) is 0 Å². The molecule has 0 aromatic rings. The minimum Gasteiger partial charge on any atom is -0.173 e. The van der Waals surface area contributed by atoms with Gasteiger partial charge in [-0.2, -0.15) is 8.78 Å². The van der Waals surface area contributed by atoms with E-state index in [2.05, 4.69) is 29.5 Å². The van der Waals surface area contributed by atoms with Gasteiger partial charge in [-0.3, -0.25) is 0 Å². The molecule has 0 amide bonds. The van der Waals surface area contributed by atoms with Crippen molar-refractivity contribution < 1.29 is 8.78 Å². The van der Waals surface area contributed by atoms with E-state index >= 15 is 0 Å². The maximum atomic E-state index is 12.6. The highest BCUT2D eigenvalue weighted by Crippen LogP contribution is 2.43. The van der Waals surface area contributed by atoms with Crippen LogP contribution in [0.4, 0.5) is 8.78 Å². The smallest absolute Gasteiger partial charge is 0.173 e. The normalized spacial score (nSPS) is 33.0. The van der Waals surface area contributed by atoms with E-state index in [1.807, 2.05) is 0 Å². The maximum absolute atomic E-state index is 12.6. The van der Waals surface area contributed by atoms with Crippen LogP contribution >= 0.6 is 22.6 Å². The molecule has 0 bridgehead atoms. The molecule has 2 aliphatic rings. The molecule has 3 heteroatoms. The molecule has 0 spiro atoms. The molecule has 0 aromatic carbocycles. The van der Waals surface area contributed by atoms with Crippen LogP contribution in [-0.2, 0) is 0 Å². The summed E-state index contributed by atoms with van der Waals surface area (Å²) in [5.74, 6) is 2.45. The van der Waals surface area contributed by atoms with Gasteiger partial charge in [0.1, 0.15) is 0 Å². The molecule has 2 rings (SSSR count). The van der Waals surface area contributed by atoms with Crippen LogP contribution in [0, 0.1) is 17.8 Å². The van der Waals surface area contributed by atoms with Crippen LogP contribution in [0.25, 0.3) is 0 Å². The van der Waals surface area contributed by atoms with E-state index in [0.29, 0.717) is 18.4 Å². The monoisotopic (exact) mass is 396 g/mol. The van der Waals surface area contributed by atoms with Crippen LogP contribution in [0.3, 0.4) is 0 Å². The lowest BCUT2D eigenvalue weighted by Gasteiger charge is -2.37. The van der Waals surface area contributed by atoms with Crippen molar-refractivity contribution in [2.75, 3.05) is 0 Å². The molecule has 1 unspecified atom stereocenters. The molecule has 0 aliphatic heterocycles. The quantitative estimate of drug-likeness (QED) is 0.365. The second kappa shape index (κ2) is 8.09. The van der Waals surface area contributed by atoms with Crippen LogP contribution in [0.15, 0.2) is 11.7 Å². The Morgan fingerprint density at radius 2 is 1.60 bits per heavy atom. The zero-order valence-corrected chi connectivity index (χ0v) is 14.7. The van der Waals surface area contributed by atoms with Crippen LogP contribution in [0.5, 0.6) is 0 Å². The van der Waals surface area contributed by atoms with Crippen molar-refractivity contribution >= 4 is 22.6 Å². The van der Waals surface area contributed by atoms with Gasteiger partial charge < -0.3 is 0 Å². The van der Waals surface area contributed by atoms with Crippen LogP contribution in [0.2, 0.25) is 0 Å². The number of allylic oxidation sites excluding steroid dienone is 1. The van der Waals surface area contributed by atoms with E-state index in [-0.39, 0.29) is 0 Å². The third-order valence-corrected chi connectivity index (χ3v) is 7.10. The lowest BCUT2D eigenvalue weighted by molar-refractivity contribution is 0.175. The molecule has 1 atom stereocenters.